The van der Waals surface area contributed by atoms with Crippen LogP contribution in [0.5, 0.6) is 0 Å². The number of halogens is 1. The van der Waals surface area contributed by atoms with Crippen LogP contribution in [-0.4, -0.2) is 24.1 Å². The van der Waals surface area contributed by atoms with E-state index in [-0.39, 0.29) is 16.6 Å². The number of sulfonamides is 1. The molecule has 2 aromatic carbocycles. The van der Waals surface area contributed by atoms with Crippen molar-refractivity contribution in [1.82, 2.24) is 9.78 Å². The highest BCUT2D eigenvalue weighted by Gasteiger charge is 2.25. The topological polar surface area (TPSA) is 93.1 Å². The van der Waals surface area contributed by atoms with Crippen LogP contribution in [-0.2, 0) is 14.8 Å². The van der Waals surface area contributed by atoms with E-state index in [4.69, 9.17) is 0 Å². The van der Waals surface area contributed by atoms with Crippen LogP contribution in [0.15, 0.2) is 53.4 Å². The number of benzene rings is 2. The molecule has 3 rings (SSSR count). The second kappa shape index (κ2) is 7.43. The number of carbonyl (C=O) groups excluding carboxylic acids is 1. The minimum atomic E-state index is -3.90. The van der Waals surface area contributed by atoms with Crippen molar-refractivity contribution in [2.24, 2.45) is 0 Å². The number of rotatable bonds is 5. The molecule has 0 bridgehead atoms. The van der Waals surface area contributed by atoms with Gasteiger partial charge < -0.3 is 5.32 Å². The Bertz CT molecular complexity index is 1120. The highest BCUT2D eigenvalue weighted by Crippen LogP contribution is 2.25. The lowest BCUT2D eigenvalue weighted by atomic mass is 10.3. The number of nitrogens with zero attached hydrogens (tertiary/aromatic N) is 2. The minimum Gasteiger partial charge on any atom is -0.326 e. The van der Waals surface area contributed by atoms with E-state index in [1.807, 2.05) is 0 Å². The second-order valence-corrected chi connectivity index (χ2v) is 7.87. The molecule has 0 radical (unpaired) electrons. The molecule has 0 aliphatic rings. The molecule has 1 aromatic heterocycles. The quantitative estimate of drug-likeness (QED) is 0.684. The number of nitrogens with one attached hydrogen (secondary N) is 2. The fraction of sp³-hybridized carbons (Fsp3) is 0.158. The van der Waals surface area contributed by atoms with Gasteiger partial charge in [-0.15, -0.1) is 0 Å². The number of carbonyl (C=O) groups is 1. The van der Waals surface area contributed by atoms with Gasteiger partial charge in [0.2, 0.25) is 5.91 Å². The standard InChI is InChI=1S/C19H19FN4O3S/c1-12-19(13(2)24(22-12)18-10-4-15(20)5-11-18)28(26,27)23-17-8-6-16(7-9-17)21-14(3)25/h4-11,23H,1-3H3,(H,21,25). The molecule has 0 aliphatic carbocycles. The van der Waals surface area contributed by atoms with Crippen LogP contribution < -0.4 is 10.0 Å². The van der Waals surface area contributed by atoms with Crippen LogP contribution in [0.4, 0.5) is 15.8 Å². The number of aryl methyl sites for hydroxylation is 1. The van der Waals surface area contributed by atoms with Crippen LogP contribution in [0.2, 0.25) is 0 Å². The molecule has 1 amide bonds. The minimum absolute atomic E-state index is 0.0581. The third-order valence-electron chi connectivity index (χ3n) is 4.02. The van der Waals surface area contributed by atoms with E-state index in [0.717, 1.165) is 0 Å². The van der Waals surface area contributed by atoms with E-state index in [1.54, 1.807) is 38.1 Å². The first kappa shape index (κ1) is 19.6. The van der Waals surface area contributed by atoms with Crippen LogP contribution in [0, 0.1) is 19.7 Å². The lowest BCUT2D eigenvalue weighted by molar-refractivity contribution is -0.114. The summed E-state index contributed by atoms with van der Waals surface area (Å²) >= 11 is 0. The van der Waals surface area contributed by atoms with Crippen LogP contribution in [0.1, 0.15) is 18.3 Å². The van der Waals surface area contributed by atoms with Gasteiger partial charge in [-0.3, -0.25) is 9.52 Å². The van der Waals surface area contributed by atoms with Crippen molar-refractivity contribution in [3.63, 3.8) is 0 Å². The molecule has 1 heterocycles. The predicted molar refractivity (Wildman–Crippen MR) is 105 cm³/mol. The largest absolute Gasteiger partial charge is 0.326 e. The Morgan fingerprint density at radius 3 is 2.14 bits per heavy atom. The first-order valence-corrected chi connectivity index (χ1v) is 9.88. The zero-order valence-electron chi connectivity index (χ0n) is 15.5. The Morgan fingerprint density at radius 1 is 1.00 bits per heavy atom. The predicted octanol–water partition coefficient (Wildman–Crippen LogP) is 3.39. The molecule has 0 saturated carbocycles. The Balaban J connectivity index is 1.91. The molecule has 146 valence electrons. The van der Waals surface area contributed by atoms with Gasteiger partial charge in [-0.05, 0) is 62.4 Å². The molecule has 7 nitrogen and oxygen atoms in total. The van der Waals surface area contributed by atoms with E-state index in [0.29, 0.717) is 28.5 Å². The molecule has 9 heteroatoms. The van der Waals surface area contributed by atoms with Gasteiger partial charge in [0.1, 0.15) is 10.7 Å². The van der Waals surface area contributed by atoms with E-state index in [9.17, 15) is 17.6 Å². The number of anilines is 2. The molecule has 0 fully saturated rings. The summed E-state index contributed by atoms with van der Waals surface area (Å²) in [6.45, 7) is 4.63. The van der Waals surface area contributed by atoms with Crippen LogP contribution in [0.3, 0.4) is 0 Å². The number of aromatic nitrogens is 2. The number of hydrogen-bond donors (Lipinski definition) is 2. The van der Waals surface area contributed by atoms with E-state index in [1.165, 1.54) is 35.9 Å². The van der Waals surface area contributed by atoms with Gasteiger partial charge in [-0.2, -0.15) is 5.10 Å². The molecular weight excluding hydrogens is 383 g/mol. The molecular formula is C19H19FN4O3S. The zero-order chi connectivity index (χ0) is 20.5. The van der Waals surface area contributed by atoms with Gasteiger partial charge >= 0.3 is 0 Å². The summed E-state index contributed by atoms with van der Waals surface area (Å²) in [7, 11) is -3.90. The molecule has 0 saturated heterocycles. The summed E-state index contributed by atoms with van der Waals surface area (Å²) in [5.74, 6) is -0.602. The Labute approximate surface area is 162 Å². The highest BCUT2D eigenvalue weighted by atomic mass is 32.2. The van der Waals surface area contributed by atoms with Crippen molar-refractivity contribution in [3.05, 3.63) is 65.7 Å². The molecule has 0 aliphatic heterocycles. The summed E-state index contributed by atoms with van der Waals surface area (Å²) in [6, 6.07) is 11.9. The third-order valence-corrected chi connectivity index (χ3v) is 5.66. The summed E-state index contributed by atoms with van der Waals surface area (Å²) < 4.78 is 43.0. The Morgan fingerprint density at radius 2 is 1.57 bits per heavy atom. The Kier molecular flexibility index (Phi) is 5.19. The maximum absolute atomic E-state index is 13.2. The third kappa shape index (κ3) is 4.04. The van der Waals surface area contributed by atoms with Gasteiger partial charge in [0.15, 0.2) is 0 Å². The number of amides is 1. The molecule has 2 N–H and O–H groups in total. The van der Waals surface area contributed by atoms with Gasteiger partial charge in [0.25, 0.3) is 10.0 Å². The van der Waals surface area contributed by atoms with Gasteiger partial charge in [-0.1, -0.05) is 0 Å². The van der Waals surface area contributed by atoms with Crippen molar-refractivity contribution >= 4 is 27.3 Å². The zero-order valence-corrected chi connectivity index (χ0v) is 16.3. The summed E-state index contributed by atoms with van der Waals surface area (Å²) in [5.41, 5.74) is 2.20. The molecule has 3 aromatic rings. The maximum Gasteiger partial charge on any atom is 0.265 e. The molecule has 0 spiro atoms. The fourth-order valence-electron chi connectivity index (χ4n) is 2.88. The highest BCUT2D eigenvalue weighted by molar-refractivity contribution is 7.92. The normalized spacial score (nSPS) is 11.3. The summed E-state index contributed by atoms with van der Waals surface area (Å²) in [5, 5.41) is 6.91. The van der Waals surface area contributed by atoms with Crippen molar-refractivity contribution in [2.75, 3.05) is 10.0 Å². The first-order chi connectivity index (χ1) is 13.2. The summed E-state index contributed by atoms with van der Waals surface area (Å²) in [4.78, 5) is 11.1. The average Bonchev–Trinajstić information content (AvgIpc) is 2.92. The fourth-order valence-corrected chi connectivity index (χ4v) is 4.34. The SMILES string of the molecule is CC(=O)Nc1ccc(NS(=O)(=O)c2c(C)nn(-c3ccc(F)cc3)c2C)cc1. The second-order valence-electron chi connectivity index (χ2n) is 6.25. The molecule has 28 heavy (non-hydrogen) atoms. The van der Waals surface area contributed by atoms with E-state index >= 15 is 0 Å². The monoisotopic (exact) mass is 402 g/mol. The van der Waals surface area contributed by atoms with E-state index < -0.39 is 10.0 Å². The first-order valence-electron chi connectivity index (χ1n) is 8.40. The molecule has 0 atom stereocenters. The molecule has 0 unspecified atom stereocenters. The van der Waals surface area contributed by atoms with E-state index in [2.05, 4.69) is 15.1 Å². The lowest BCUT2D eigenvalue weighted by Gasteiger charge is -2.10. The van der Waals surface area contributed by atoms with Crippen molar-refractivity contribution in [3.8, 4) is 5.69 Å². The number of hydrogen-bond acceptors (Lipinski definition) is 4. The lowest BCUT2D eigenvalue weighted by Crippen LogP contribution is -2.15. The van der Waals surface area contributed by atoms with Gasteiger partial charge in [-0.25, -0.2) is 17.5 Å². The Hall–Kier alpha value is -3.20. The average molecular weight is 402 g/mol. The van der Waals surface area contributed by atoms with Gasteiger partial charge in [0, 0.05) is 18.3 Å². The van der Waals surface area contributed by atoms with Crippen molar-refractivity contribution < 1.29 is 17.6 Å². The smallest absolute Gasteiger partial charge is 0.265 e. The van der Waals surface area contributed by atoms with Crippen molar-refractivity contribution in [1.29, 1.82) is 0 Å². The van der Waals surface area contributed by atoms with Crippen LogP contribution in [0.25, 0.3) is 5.69 Å². The maximum atomic E-state index is 13.2. The van der Waals surface area contributed by atoms with Gasteiger partial charge in [0.05, 0.1) is 17.1 Å². The van der Waals surface area contributed by atoms with Crippen LogP contribution >= 0.6 is 0 Å². The van der Waals surface area contributed by atoms with Crippen molar-refractivity contribution in [2.45, 2.75) is 25.7 Å². The summed E-state index contributed by atoms with van der Waals surface area (Å²) in [6.07, 6.45) is 0.